The summed E-state index contributed by atoms with van der Waals surface area (Å²) in [6.07, 6.45) is 0. The fraction of sp³-hybridized carbons (Fsp3) is 0.200. The number of ether oxygens (including phenoxy) is 1. The number of hydrogen-bond donors (Lipinski definition) is 1. The summed E-state index contributed by atoms with van der Waals surface area (Å²) in [5.41, 5.74) is 5.38. The summed E-state index contributed by atoms with van der Waals surface area (Å²) < 4.78 is 46.7. The van der Waals surface area contributed by atoms with Crippen molar-refractivity contribution >= 4 is 27.3 Å². The first-order chi connectivity index (χ1) is 16.1. The Morgan fingerprint density at radius 3 is 2.24 bits per heavy atom. The molecule has 178 valence electrons. The molecule has 1 N–H and O–H groups in total. The average Bonchev–Trinajstić information content (AvgIpc) is 2.81. The van der Waals surface area contributed by atoms with Crippen LogP contribution in [0.4, 0.5) is 10.1 Å². The van der Waals surface area contributed by atoms with E-state index in [9.17, 15) is 17.6 Å². The second kappa shape index (κ2) is 10.5. The molecule has 1 amide bonds. The molecule has 3 aromatic rings. The van der Waals surface area contributed by atoms with Crippen molar-refractivity contribution in [2.75, 3.05) is 18.0 Å². The van der Waals surface area contributed by atoms with E-state index in [-0.39, 0.29) is 16.4 Å². The number of nitrogens with one attached hydrogen (secondary N) is 1. The number of carbonyl (C=O) groups is 1. The van der Waals surface area contributed by atoms with Gasteiger partial charge >= 0.3 is 0 Å². The zero-order valence-corrected chi connectivity index (χ0v) is 20.2. The summed E-state index contributed by atoms with van der Waals surface area (Å²) in [6.45, 7) is 4.79. The van der Waals surface area contributed by atoms with Crippen molar-refractivity contribution in [3.63, 3.8) is 0 Å². The molecule has 0 heterocycles. The van der Waals surface area contributed by atoms with Crippen molar-refractivity contribution < 1.29 is 22.3 Å². The smallest absolute Gasteiger partial charge is 0.264 e. The Labute approximate surface area is 198 Å². The van der Waals surface area contributed by atoms with E-state index in [0.29, 0.717) is 17.0 Å². The first-order valence-electron chi connectivity index (χ1n) is 10.4. The van der Waals surface area contributed by atoms with Crippen LogP contribution in [0.25, 0.3) is 0 Å². The second-order valence-corrected chi connectivity index (χ2v) is 9.60. The Morgan fingerprint density at radius 1 is 1.00 bits per heavy atom. The Bertz CT molecular complexity index is 1300. The van der Waals surface area contributed by atoms with Gasteiger partial charge in [0.2, 0.25) is 0 Å². The Morgan fingerprint density at radius 2 is 1.62 bits per heavy atom. The number of benzene rings is 3. The van der Waals surface area contributed by atoms with E-state index in [1.165, 1.54) is 43.5 Å². The lowest BCUT2D eigenvalue weighted by Gasteiger charge is -2.25. The molecule has 0 saturated heterocycles. The zero-order chi connectivity index (χ0) is 24.9. The fourth-order valence-corrected chi connectivity index (χ4v) is 4.62. The van der Waals surface area contributed by atoms with Crippen LogP contribution in [-0.4, -0.2) is 33.7 Å². The number of hydrogen-bond acceptors (Lipinski definition) is 5. The number of halogens is 1. The third-order valence-corrected chi connectivity index (χ3v) is 6.88. The zero-order valence-electron chi connectivity index (χ0n) is 19.4. The average molecular weight is 484 g/mol. The summed E-state index contributed by atoms with van der Waals surface area (Å²) in [4.78, 5) is 12.9. The van der Waals surface area contributed by atoms with Crippen LogP contribution in [0.1, 0.15) is 23.6 Å². The molecule has 7 nitrogen and oxygen atoms in total. The van der Waals surface area contributed by atoms with Crippen LogP contribution in [0.2, 0.25) is 0 Å². The third kappa shape index (κ3) is 5.79. The van der Waals surface area contributed by atoms with E-state index in [4.69, 9.17) is 4.74 Å². The highest BCUT2D eigenvalue weighted by molar-refractivity contribution is 7.92. The molecule has 0 spiro atoms. The van der Waals surface area contributed by atoms with Crippen LogP contribution in [-0.2, 0) is 14.8 Å². The minimum absolute atomic E-state index is 0.0421. The monoisotopic (exact) mass is 483 g/mol. The highest BCUT2D eigenvalue weighted by Crippen LogP contribution is 2.33. The Balaban J connectivity index is 1.95. The van der Waals surface area contributed by atoms with Gasteiger partial charge in [0.05, 0.1) is 23.4 Å². The molecular weight excluding hydrogens is 457 g/mol. The van der Waals surface area contributed by atoms with Gasteiger partial charge in [0.15, 0.2) is 0 Å². The number of anilines is 1. The minimum Gasteiger partial charge on any atom is -0.495 e. The lowest BCUT2D eigenvalue weighted by atomic mass is 10.1. The second-order valence-electron chi connectivity index (χ2n) is 7.74. The maximum absolute atomic E-state index is 13.6. The molecule has 0 aliphatic carbocycles. The number of amides is 1. The van der Waals surface area contributed by atoms with Crippen molar-refractivity contribution in [2.45, 2.75) is 25.7 Å². The molecule has 0 aliphatic heterocycles. The first kappa shape index (κ1) is 24.9. The Kier molecular flexibility index (Phi) is 7.68. The third-order valence-electron chi connectivity index (χ3n) is 5.11. The fourth-order valence-electron chi connectivity index (χ4n) is 3.20. The van der Waals surface area contributed by atoms with E-state index in [1.807, 2.05) is 13.8 Å². The maximum atomic E-state index is 13.6. The standard InChI is InChI=1S/C25H26FN3O4S/c1-17-5-12-22(13-6-17)34(31,32)29(23-15-18(2)7-14-24(23)33-4)16-25(30)28-27-19(3)20-8-10-21(26)11-9-20/h5-15H,16H2,1-4H3,(H,28,30). The van der Waals surface area contributed by atoms with Crippen LogP contribution in [0.3, 0.4) is 0 Å². The summed E-state index contributed by atoms with van der Waals surface area (Å²) in [7, 11) is -2.68. The van der Waals surface area contributed by atoms with Crippen molar-refractivity contribution in [2.24, 2.45) is 5.10 Å². The normalized spacial score (nSPS) is 11.7. The van der Waals surface area contributed by atoms with E-state index >= 15 is 0 Å². The van der Waals surface area contributed by atoms with Crippen LogP contribution in [0.15, 0.2) is 76.7 Å². The predicted octanol–water partition coefficient (Wildman–Crippen LogP) is 4.19. The summed E-state index contributed by atoms with van der Waals surface area (Å²) in [5.74, 6) is -0.731. The molecule has 3 aromatic carbocycles. The number of sulfonamides is 1. The number of hydrazone groups is 1. The molecule has 9 heteroatoms. The van der Waals surface area contributed by atoms with Gasteiger partial charge in [0.1, 0.15) is 18.1 Å². The summed E-state index contributed by atoms with van der Waals surface area (Å²) >= 11 is 0. The van der Waals surface area contributed by atoms with Crippen molar-refractivity contribution in [1.82, 2.24) is 5.43 Å². The van der Waals surface area contributed by atoms with E-state index < -0.39 is 22.5 Å². The van der Waals surface area contributed by atoms with E-state index in [1.54, 1.807) is 37.3 Å². The molecule has 0 unspecified atom stereocenters. The quantitative estimate of drug-likeness (QED) is 0.385. The maximum Gasteiger partial charge on any atom is 0.264 e. The van der Waals surface area contributed by atoms with Gasteiger partial charge in [0.25, 0.3) is 15.9 Å². The van der Waals surface area contributed by atoms with E-state index in [2.05, 4.69) is 10.5 Å². The lowest BCUT2D eigenvalue weighted by molar-refractivity contribution is -0.119. The van der Waals surface area contributed by atoms with Gasteiger partial charge in [-0.3, -0.25) is 9.10 Å². The molecule has 0 saturated carbocycles. The molecule has 0 radical (unpaired) electrons. The van der Waals surface area contributed by atoms with Gasteiger partial charge in [0, 0.05) is 0 Å². The van der Waals surface area contributed by atoms with Crippen LogP contribution >= 0.6 is 0 Å². The number of rotatable bonds is 8. The lowest BCUT2D eigenvalue weighted by Crippen LogP contribution is -2.40. The van der Waals surface area contributed by atoms with Gasteiger partial charge in [-0.25, -0.2) is 18.2 Å². The molecule has 34 heavy (non-hydrogen) atoms. The number of methoxy groups -OCH3 is 1. The van der Waals surface area contributed by atoms with Gasteiger partial charge < -0.3 is 4.74 Å². The molecule has 0 atom stereocenters. The molecule has 0 bridgehead atoms. The van der Waals surface area contributed by atoms with Gasteiger partial charge in [-0.05, 0) is 68.3 Å². The van der Waals surface area contributed by atoms with E-state index in [0.717, 1.165) is 15.4 Å². The molecule has 0 aliphatic rings. The summed E-state index contributed by atoms with van der Waals surface area (Å²) in [6, 6.07) is 17.1. The van der Waals surface area contributed by atoms with Crippen LogP contribution in [0.5, 0.6) is 5.75 Å². The number of carbonyl (C=O) groups excluding carboxylic acids is 1. The largest absolute Gasteiger partial charge is 0.495 e. The molecule has 0 aromatic heterocycles. The topological polar surface area (TPSA) is 88.1 Å². The van der Waals surface area contributed by atoms with Crippen LogP contribution < -0.4 is 14.5 Å². The van der Waals surface area contributed by atoms with Gasteiger partial charge in [-0.1, -0.05) is 35.9 Å². The van der Waals surface area contributed by atoms with Crippen LogP contribution in [0, 0.1) is 19.7 Å². The highest BCUT2D eigenvalue weighted by atomic mass is 32.2. The van der Waals surface area contributed by atoms with Gasteiger partial charge in [-0.2, -0.15) is 5.10 Å². The number of aryl methyl sites for hydroxylation is 2. The van der Waals surface area contributed by atoms with Crippen molar-refractivity contribution in [3.8, 4) is 5.75 Å². The SMILES string of the molecule is COc1ccc(C)cc1N(CC(=O)NN=C(C)c1ccc(F)cc1)S(=O)(=O)c1ccc(C)cc1. The molecule has 3 rings (SSSR count). The van der Waals surface area contributed by atoms with Crippen molar-refractivity contribution in [3.05, 3.63) is 89.2 Å². The molecular formula is C25H26FN3O4S. The van der Waals surface area contributed by atoms with Crippen molar-refractivity contribution in [1.29, 1.82) is 0 Å². The summed E-state index contributed by atoms with van der Waals surface area (Å²) in [5, 5.41) is 4.04. The Hall–Kier alpha value is -3.72. The minimum atomic E-state index is -4.11. The number of nitrogens with zero attached hydrogens (tertiary/aromatic N) is 2. The predicted molar refractivity (Wildman–Crippen MR) is 130 cm³/mol. The molecule has 0 fully saturated rings. The highest BCUT2D eigenvalue weighted by Gasteiger charge is 2.29. The first-order valence-corrected chi connectivity index (χ1v) is 11.9. The van der Waals surface area contributed by atoms with Gasteiger partial charge in [-0.15, -0.1) is 0 Å².